The molecule has 1 rings (SSSR count). The molecule has 0 aromatic heterocycles. The molecule has 2 nitrogen and oxygen atoms in total. The monoisotopic (exact) mass is 237 g/mol. The molecule has 98 valence electrons. The number of Topliss-reactive ketones (excluding diaryl/α,β-unsaturated/α-hetero) is 1. The molecule has 1 heterocycles. The highest BCUT2D eigenvalue weighted by Crippen LogP contribution is 2.31. The zero-order valence-corrected chi connectivity index (χ0v) is 11.7. The molecule has 0 aromatic rings. The van der Waals surface area contributed by atoms with E-state index in [-0.39, 0.29) is 5.54 Å². The van der Waals surface area contributed by atoms with Crippen molar-refractivity contribution in [1.29, 1.82) is 0 Å². The van der Waals surface area contributed by atoms with Crippen molar-refractivity contribution in [3.05, 3.63) is 12.2 Å². The van der Waals surface area contributed by atoms with E-state index in [9.17, 15) is 4.79 Å². The number of rotatable bonds is 7. The minimum Gasteiger partial charge on any atom is -0.297 e. The number of ketones is 1. The first-order valence-electron chi connectivity index (χ1n) is 7.05. The molecule has 0 saturated carbocycles. The number of nitrogens with zero attached hydrogens (tertiary/aromatic N) is 1. The third-order valence-corrected chi connectivity index (χ3v) is 4.31. The molecular weight excluding hydrogens is 210 g/mol. The van der Waals surface area contributed by atoms with Gasteiger partial charge < -0.3 is 0 Å². The van der Waals surface area contributed by atoms with Gasteiger partial charge in [0.25, 0.3) is 0 Å². The van der Waals surface area contributed by atoms with Crippen molar-refractivity contribution in [1.82, 2.24) is 4.90 Å². The van der Waals surface area contributed by atoms with Crippen LogP contribution in [0.15, 0.2) is 12.2 Å². The van der Waals surface area contributed by atoms with Crippen LogP contribution in [-0.4, -0.2) is 29.3 Å². The van der Waals surface area contributed by atoms with Gasteiger partial charge in [0.1, 0.15) is 0 Å². The Kier molecular flexibility index (Phi) is 5.38. The Labute approximate surface area is 106 Å². The van der Waals surface area contributed by atoms with Crippen LogP contribution < -0.4 is 0 Å². The molecule has 0 unspecified atom stereocenters. The second kappa shape index (κ2) is 6.34. The Morgan fingerprint density at radius 3 is 2.12 bits per heavy atom. The third-order valence-electron chi connectivity index (χ3n) is 4.31. The lowest BCUT2D eigenvalue weighted by molar-refractivity contribution is -0.130. The fraction of sp³-hybridized carbons (Fsp3) is 0.800. The molecule has 1 aliphatic rings. The largest absolute Gasteiger partial charge is 0.297 e. The highest BCUT2D eigenvalue weighted by Gasteiger charge is 2.41. The molecule has 0 aliphatic carbocycles. The van der Waals surface area contributed by atoms with E-state index in [2.05, 4.69) is 32.3 Å². The molecule has 1 fully saturated rings. The van der Waals surface area contributed by atoms with Crippen LogP contribution in [0.3, 0.4) is 0 Å². The summed E-state index contributed by atoms with van der Waals surface area (Å²) in [6.07, 6.45) is 5.82. The van der Waals surface area contributed by atoms with Crippen molar-refractivity contribution in [2.75, 3.05) is 13.1 Å². The average Bonchev–Trinajstić information content (AvgIpc) is 2.85. The van der Waals surface area contributed by atoms with E-state index in [1.165, 1.54) is 12.8 Å². The number of carbonyl (C=O) groups excluding carboxylic acids is 1. The van der Waals surface area contributed by atoms with Crippen molar-refractivity contribution in [2.45, 2.75) is 64.8 Å². The Bertz CT molecular complexity index is 273. The summed E-state index contributed by atoms with van der Waals surface area (Å²) in [4.78, 5) is 15.0. The van der Waals surface area contributed by atoms with Crippen LogP contribution in [0.25, 0.3) is 0 Å². The molecule has 0 N–H and O–H groups in total. The zero-order chi connectivity index (χ0) is 12.9. The van der Waals surface area contributed by atoms with Crippen LogP contribution in [0.1, 0.15) is 59.3 Å². The maximum atomic E-state index is 12.6. The van der Waals surface area contributed by atoms with E-state index >= 15 is 0 Å². The van der Waals surface area contributed by atoms with Gasteiger partial charge in [-0.25, -0.2) is 0 Å². The fourth-order valence-electron chi connectivity index (χ4n) is 2.93. The summed E-state index contributed by atoms with van der Waals surface area (Å²) in [5.41, 5.74) is 0.856. The molecular formula is C15H27NO. The second-order valence-electron chi connectivity index (χ2n) is 5.14. The van der Waals surface area contributed by atoms with Gasteiger partial charge in [0, 0.05) is 6.42 Å². The molecule has 0 spiro atoms. The van der Waals surface area contributed by atoms with Crippen LogP contribution in [0.4, 0.5) is 0 Å². The topological polar surface area (TPSA) is 20.3 Å². The van der Waals surface area contributed by atoms with Crippen LogP contribution >= 0.6 is 0 Å². The quantitative estimate of drug-likeness (QED) is 0.631. The Balaban J connectivity index is 2.82. The van der Waals surface area contributed by atoms with E-state index in [1.807, 2.05) is 0 Å². The Morgan fingerprint density at radius 2 is 1.71 bits per heavy atom. The minimum atomic E-state index is -0.214. The maximum absolute atomic E-state index is 12.6. The normalized spacial score (nSPS) is 17.4. The zero-order valence-electron chi connectivity index (χ0n) is 11.7. The number of hydrogen-bond acceptors (Lipinski definition) is 2. The van der Waals surface area contributed by atoms with E-state index in [0.717, 1.165) is 37.9 Å². The first kappa shape index (κ1) is 14.4. The first-order chi connectivity index (χ1) is 8.10. The van der Waals surface area contributed by atoms with Crippen molar-refractivity contribution in [2.24, 2.45) is 0 Å². The van der Waals surface area contributed by atoms with Gasteiger partial charge in [-0.05, 0) is 45.2 Å². The molecule has 0 amide bonds. The second-order valence-corrected chi connectivity index (χ2v) is 5.14. The summed E-state index contributed by atoms with van der Waals surface area (Å²) in [5, 5.41) is 0. The molecule has 1 aliphatic heterocycles. The standard InChI is InChI=1S/C15H27NO/c1-5-13(4)12-14(17)15(6-2,7-3)16-10-8-9-11-16/h4-12H2,1-3H3. The van der Waals surface area contributed by atoms with Crippen LogP contribution in [-0.2, 0) is 4.79 Å². The van der Waals surface area contributed by atoms with Crippen LogP contribution in [0.5, 0.6) is 0 Å². The highest BCUT2D eigenvalue weighted by molar-refractivity contribution is 5.90. The average molecular weight is 237 g/mol. The summed E-state index contributed by atoms with van der Waals surface area (Å²) in [6.45, 7) is 12.5. The number of allylic oxidation sites excluding steroid dienone is 1. The molecule has 0 atom stereocenters. The van der Waals surface area contributed by atoms with Crippen LogP contribution in [0, 0.1) is 0 Å². The minimum absolute atomic E-state index is 0.214. The summed E-state index contributed by atoms with van der Waals surface area (Å²) in [5.74, 6) is 0.385. The highest BCUT2D eigenvalue weighted by atomic mass is 16.1. The summed E-state index contributed by atoms with van der Waals surface area (Å²) < 4.78 is 0. The summed E-state index contributed by atoms with van der Waals surface area (Å²) in [7, 11) is 0. The van der Waals surface area contributed by atoms with Crippen molar-refractivity contribution < 1.29 is 4.79 Å². The van der Waals surface area contributed by atoms with Gasteiger partial charge in [-0.2, -0.15) is 0 Å². The van der Waals surface area contributed by atoms with E-state index in [1.54, 1.807) is 0 Å². The van der Waals surface area contributed by atoms with Gasteiger partial charge in [-0.3, -0.25) is 9.69 Å². The van der Waals surface area contributed by atoms with Crippen molar-refractivity contribution in [3.63, 3.8) is 0 Å². The third kappa shape index (κ3) is 2.98. The smallest absolute Gasteiger partial charge is 0.157 e. The lowest BCUT2D eigenvalue weighted by atomic mass is 9.83. The summed E-state index contributed by atoms with van der Waals surface area (Å²) in [6, 6.07) is 0. The Hall–Kier alpha value is -0.630. The van der Waals surface area contributed by atoms with Gasteiger partial charge >= 0.3 is 0 Å². The lowest BCUT2D eigenvalue weighted by Crippen LogP contribution is -2.52. The van der Waals surface area contributed by atoms with Gasteiger partial charge in [0.15, 0.2) is 5.78 Å². The molecule has 2 heteroatoms. The van der Waals surface area contributed by atoms with E-state index in [4.69, 9.17) is 0 Å². The first-order valence-corrected chi connectivity index (χ1v) is 7.05. The molecule has 0 bridgehead atoms. The molecule has 0 aromatic carbocycles. The van der Waals surface area contributed by atoms with Gasteiger partial charge in [-0.15, -0.1) is 0 Å². The van der Waals surface area contributed by atoms with E-state index < -0.39 is 0 Å². The SMILES string of the molecule is C=C(CC)CC(=O)C(CC)(CC)N1CCCC1. The van der Waals surface area contributed by atoms with Crippen molar-refractivity contribution >= 4 is 5.78 Å². The molecule has 0 radical (unpaired) electrons. The van der Waals surface area contributed by atoms with Crippen molar-refractivity contribution in [3.8, 4) is 0 Å². The van der Waals surface area contributed by atoms with Gasteiger partial charge in [0.2, 0.25) is 0 Å². The van der Waals surface area contributed by atoms with E-state index in [0.29, 0.717) is 12.2 Å². The molecule has 1 saturated heterocycles. The van der Waals surface area contributed by atoms with Gasteiger partial charge in [-0.1, -0.05) is 32.9 Å². The summed E-state index contributed by atoms with van der Waals surface area (Å²) >= 11 is 0. The number of carbonyl (C=O) groups is 1. The fourth-order valence-corrected chi connectivity index (χ4v) is 2.93. The predicted molar refractivity (Wildman–Crippen MR) is 73.2 cm³/mol. The Morgan fingerprint density at radius 1 is 1.18 bits per heavy atom. The number of hydrogen-bond donors (Lipinski definition) is 0. The number of likely N-dealkylation sites (tertiary alicyclic amines) is 1. The predicted octanol–water partition coefficient (Wildman–Crippen LogP) is 3.57. The maximum Gasteiger partial charge on any atom is 0.157 e. The lowest BCUT2D eigenvalue weighted by Gasteiger charge is -2.39. The van der Waals surface area contributed by atoms with Crippen LogP contribution in [0.2, 0.25) is 0 Å². The van der Waals surface area contributed by atoms with Gasteiger partial charge in [0.05, 0.1) is 5.54 Å². The molecule has 17 heavy (non-hydrogen) atoms.